The van der Waals surface area contributed by atoms with Gasteiger partial charge in [-0.15, -0.1) is 12.4 Å². The van der Waals surface area contributed by atoms with Crippen LogP contribution >= 0.6 is 12.4 Å². The normalized spacial score (nSPS) is 19.5. The average molecular weight is 343 g/mol. The van der Waals surface area contributed by atoms with Gasteiger partial charge >= 0.3 is 0 Å². The first-order valence-electron chi connectivity index (χ1n) is 8.01. The van der Waals surface area contributed by atoms with Crippen molar-refractivity contribution in [3.05, 3.63) is 30.3 Å². The third-order valence-electron chi connectivity index (χ3n) is 3.89. The van der Waals surface area contributed by atoms with E-state index in [1.807, 2.05) is 37.3 Å². The molecule has 1 amide bonds. The van der Waals surface area contributed by atoms with Crippen molar-refractivity contribution in [1.82, 2.24) is 10.2 Å². The Labute approximate surface area is 144 Å². The summed E-state index contributed by atoms with van der Waals surface area (Å²) in [5.41, 5.74) is 0. The van der Waals surface area contributed by atoms with Crippen LogP contribution in [0.1, 0.15) is 32.6 Å². The Bertz CT molecular complexity index is 458. The second-order valence-corrected chi connectivity index (χ2v) is 5.55. The monoisotopic (exact) mass is 342 g/mol. The molecule has 1 aliphatic heterocycles. The Morgan fingerprint density at radius 1 is 1.35 bits per heavy atom. The van der Waals surface area contributed by atoms with Gasteiger partial charge in [0, 0.05) is 20.1 Å². The lowest BCUT2D eigenvalue weighted by Gasteiger charge is -2.34. The number of methoxy groups -OCH3 is 1. The molecule has 1 heterocycles. The number of nitrogens with zero attached hydrogens (tertiary/aromatic N) is 1. The SMILES string of the molecule is CCC(NC(=O)CN1CCCCC1OC)Oc1ccccc1.Cl. The quantitative estimate of drug-likeness (QED) is 0.774. The van der Waals surface area contributed by atoms with Crippen molar-refractivity contribution < 1.29 is 14.3 Å². The third kappa shape index (κ3) is 6.37. The molecule has 2 rings (SSSR count). The van der Waals surface area contributed by atoms with E-state index in [0.29, 0.717) is 13.0 Å². The maximum atomic E-state index is 12.2. The molecule has 130 valence electrons. The molecule has 1 fully saturated rings. The molecule has 5 nitrogen and oxygen atoms in total. The molecule has 2 unspecified atom stereocenters. The topological polar surface area (TPSA) is 50.8 Å². The Kier molecular flexibility index (Phi) is 8.99. The number of carbonyl (C=O) groups is 1. The van der Waals surface area contributed by atoms with Gasteiger partial charge in [-0.1, -0.05) is 25.1 Å². The minimum absolute atomic E-state index is 0. The lowest BCUT2D eigenvalue weighted by atomic mass is 10.1. The zero-order valence-corrected chi connectivity index (χ0v) is 14.7. The van der Waals surface area contributed by atoms with Gasteiger partial charge in [0.2, 0.25) is 5.91 Å². The van der Waals surface area contributed by atoms with Crippen LogP contribution in [-0.2, 0) is 9.53 Å². The van der Waals surface area contributed by atoms with Gasteiger partial charge in [0.15, 0.2) is 6.23 Å². The number of para-hydroxylation sites is 1. The summed E-state index contributed by atoms with van der Waals surface area (Å²) in [5.74, 6) is 0.745. The lowest BCUT2D eigenvalue weighted by Crippen LogP contribution is -2.49. The van der Waals surface area contributed by atoms with Crippen LogP contribution in [0.2, 0.25) is 0 Å². The van der Waals surface area contributed by atoms with Crippen LogP contribution in [0.25, 0.3) is 0 Å². The van der Waals surface area contributed by atoms with E-state index in [2.05, 4.69) is 10.2 Å². The van der Waals surface area contributed by atoms with E-state index in [1.165, 1.54) is 0 Å². The minimum Gasteiger partial charge on any atom is -0.471 e. The maximum Gasteiger partial charge on any atom is 0.237 e. The molecule has 1 aliphatic rings. The number of hydrogen-bond acceptors (Lipinski definition) is 4. The summed E-state index contributed by atoms with van der Waals surface area (Å²) in [6.45, 7) is 3.25. The molecule has 0 radical (unpaired) electrons. The van der Waals surface area contributed by atoms with Crippen LogP contribution in [0.15, 0.2) is 30.3 Å². The van der Waals surface area contributed by atoms with Gasteiger partial charge < -0.3 is 14.8 Å². The van der Waals surface area contributed by atoms with Crippen LogP contribution in [0, 0.1) is 0 Å². The highest BCUT2D eigenvalue weighted by Gasteiger charge is 2.24. The molecule has 1 aromatic rings. The van der Waals surface area contributed by atoms with Crippen LogP contribution in [0.3, 0.4) is 0 Å². The number of rotatable bonds is 7. The van der Waals surface area contributed by atoms with Crippen molar-refractivity contribution in [2.75, 3.05) is 20.2 Å². The van der Waals surface area contributed by atoms with Crippen molar-refractivity contribution in [3.8, 4) is 5.75 Å². The van der Waals surface area contributed by atoms with Crippen molar-refractivity contribution in [2.24, 2.45) is 0 Å². The molecule has 0 aromatic heterocycles. The summed E-state index contributed by atoms with van der Waals surface area (Å²) in [7, 11) is 1.70. The Morgan fingerprint density at radius 2 is 2.09 bits per heavy atom. The van der Waals surface area contributed by atoms with Gasteiger partial charge in [0.1, 0.15) is 12.0 Å². The van der Waals surface area contributed by atoms with Crippen LogP contribution in [-0.4, -0.2) is 43.5 Å². The number of likely N-dealkylation sites (tertiary alicyclic amines) is 1. The first-order valence-corrected chi connectivity index (χ1v) is 8.01. The number of ether oxygens (including phenoxy) is 2. The van der Waals surface area contributed by atoms with E-state index in [4.69, 9.17) is 9.47 Å². The first-order chi connectivity index (χ1) is 10.7. The molecule has 23 heavy (non-hydrogen) atoms. The van der Waals surface area contributed by atoms with Crippen LogP contribution in [0.4, 0.5) is 0 Å². The molecular weight excluding hydrogens is 316 g/mol. The number of nitrogens with one attached hydrogen (secondary N) is 1. The second kappa shape index (κ2) is 10.5. The molecule has 0 bridgehead atoms. The number of piperidine rings is 1. The fourth-order valence-electron chi connectivity index (χ4n) is 2.70. The van der Waals surface area contributed by atoms with Gasteiger partial charge in [-0.05, 0) is 31.4 Å². The molecule has 0 saturated carbocycles. The zero-order chi connectivity index (χ0) is 15.8. The van der Waals surface area contributed by atoms with Gasteiger partial charge in [0.25, 0.3) is 0 Å². The molecule has 6 heteroatoms. The molecule has 0 aliphatic carbocycles. The summed E-state index contributed by atoms with van der Waals surface area (Å²) in [4.78, 5) is 14.3. The largest absolute Gasteiger partial charge is 0.471 e. The van der Waals surface area contributed by atoms with E-state index in [0.717, 1.165) is 31.6 Å². The van der Waals surface area contributed by atoms with E-state index in [-0.39, 0.29) is 30.8 Å². The molecule has 1 saturated heterocycles. The fourth-order valence-corrected chi connectivity index (χ4v) is 2.70. The summed E-state index contributed by atoms with van der Waals surface area (Å²) < 4.78 is 11.2. The van der Waals surface area contributed by atoms with Crippen molar-refractivity contribution in [2.45, 2.75) is 45.1 Å². The fraction of sp³-hybridized carbons (Fsp3) is 0.588. The molecule has 1 N–H and O–H groups in total. The summed E-state index contributed by atoms with van der Waals surface area (Å²) in [5, 5.41) is 2.95. The number of hydrogen-bond donors (Lipinski definition) is 1. The predicted octanol–water partition coefficient (Wildman–Crippen LogP) is 2.80. The molecule has 1 aromatic carbocycles. The highest BCUT2D eigenvalue weighted by Crippen LogP contribution is 2.17. The highest BCUT2D eigenvalue weighted by molar-refractivity contribution is 5.85. The van der Waals surface area contributed by atoms with Gasteiger partial charge in [0.05, 0.1) is 6.54 Å². The molecule has 0 spiro atoms. The number of halogens is 1. The first kappa shape index (κ1) is 19.7. The van der Waals surface area contributed by atoms with Gasteiger partial charge in [-0.3, -0.25) is 9.69 Å². The highest BCUT2D eigenvalue weighted by atomic mass is 35.5. The average Bonchev–Trinajstić information content (AvgIpc) is 2.55. The predicted molar refractivity (Wildman–Crippen MR) is 92.8 cm³/mol. The van der Waals surface area contributed by atoms with Crippen LogP contribution < -0.4 is 10.1 Å². The number of amides is 1. The zero-order valence-electron chi connectivity index (χ0n) is 13.9. The van der Waals surface area contributed by atoms with Crippen LogP contribution in [0.5, 0.6) is 5.75 Å². The van der Waals surface area contributed by atoms with Crippen molar-refractivity contribution >= 4 is 18.3 Å². The summed E-state index contributed by atoms with van der Waals surface area (Å²) in [6.07, 6.45) is 3.72. The Morgan fingerprint density at radius 3 is 2.74 bits per heavy atom. The summed E-state index contributed by atoms with van der Waals surface area (Å²) >= 11 is 0. The van der Waals surface area contributed by atoms with E-state index >= 15 is 0 Å². The maximum absolute atomic E-state index is 12.2. The lowest BCUT2D eigenvalue weighted by molar-refractivity contribution is -0.130. The van der Waals surface area contributed by atoms with E-state index < -0.39 is 0 Å². The second-order valence-electron chi connectivity index (χ2n) is 5.55. The Balaban J connectivity index is 0.00000264. The Hall–Kier alpha value is -1.30. The smallest absolute Gasteiger partial charge is 0.237 e. The van der Waals surface area contributed by atoms with Gasteiger partial charge in [-0.2, -0.15) is 0 Å². The van der Waals surface area contributed by atoms with Crippen molar-refractivity contribution in [3.63, 3.8) is 0 Å². The van der Waals surface area contributed by atoms with E-state index in [1.54, 1.807) is 7.11 Å². The van der Waals surface area contributed by atoms with E-state index in [9.17, 15) is 4.79 Å². The van der Waals surface area contributed by atoms with Gasteiger partial charge in [-0.25, -0.2) is 0 Å². The van der Waals surface area contributed by atoms with Crippen molar-refractivity contribution in [1.29, 1.82) is 0 Å². The molecule has 2 atom stereocenters. The molecular formula is C17H27ClN2O3. The number of benzene rings is 1. The number of carbonyl (C=O) groups excluding carboxylic acids is 1. The third-order valence-corrected chi connectivity index (χ3v) is 3.89. The summed E-state index contributed by atoms with van der Waals surface area (Å²) in [6, 6.07) is 9.55. The standard InChI is InChI=1S/C17H26N2O3.ClH/c1-3-16(22-14-9-5-4-6-10-14)18-15(20)13-19-12-8-7-11-17(19)21-2;/h4-6,9-10,16-17H,3,7-8,11-13H2,1-2H3,(H,18,20);1H. The minimum atomic E-state index is -0.305.